The highest BCUT2D eigenvalue weighted by molar-refractivity contribution is 7.08. The average molecular weight is 353 g/mol. The van der Waals surface area contributed by atoms with E-state index < -0.39 is 5.97 Å². The molecular formula is C17H11N3O4S. The Morgan fingerprint density at radius 3 is 3.00 bits per heavy atom. The second kappa shape index (κ2) is 6.33. The third-order valence-electron chi connectivity index (χ3n) is 3.54. The number of fused-ring (bicyclic) bond motifs is 1. The summed E-state index contributed by atoms with van der Waals surface area (Å²) in [5.41, 5.74) is 0.545. The van der Waals surface area contributed by atoms with Crippen molar-refractivity contribution in [1.29, 1.82) is 0 Å². The molecule has 0 unspecified atom stereocenters. The monoisotopic (exact) mass is 353 g/mol. The number of esters is 1. The molecule has 0 aliphatic heterocycles. The van der Waals surface area contributed by atoms with Crippen LogP contribution in [0.1, 0.15) is 16.3 Å². The first kappa shape index (κ1) is 15.3. The number of thiophene rings is 1. The molecule has 4 aromatic rings. The van der Waals surface area contributed by atoms with Crippen LogP contribution in [0.15, 0.2) is 56.5 Å². The number of pyridine rings is 1. The lowest BCUT2D eigenvalue weighted by atomic mass is 10.1. The number of ether oxygens (including phenoxy) is 1. The summed E-state index contributed by atoms with van der Waals surface area (Å²) in [6, 6.07) is 10.4. The lowest BCUT2D eigenvalue weighted by Gasteiger charge is -2.03. The maximum absolute atomic E-state index is 12.2. The number of H-pyrrole nitrogens is 1. The predicted molar refractivity (Wildman–Crippen MR) is 91.3 cm³/mol. The number of aromatic nitrogens is 3. The van der Waals surface area contributed by atoms with Gasteiger partial charge in [-0.3, -0.25) is 4.79 Å². The number of benzene rings is 1. The topological polar surface area (TPSA) is 98.1 Å². The van der Waals surface area contributed by atoms with E-state index in [0.717, 1.165) is 5.56 Å². The molecule has 4 rings (SSSR count). The molecule has 0 bridgehead atoms. The summed E-state index contributed by atoms with van der Waals surface area (Å²) in [6.07, 6.45) is 0. The van der Waals surface area contributed by atoms with Crippen molar-refractivity contribution in [2.24, 2.45) is 0 Å². The molecular weight excluding hydrogens is 342 g/mol. The maximum atomic E-state index is 12.2. The average Bonchev–Trinajstić information content (AvgIpc) is 3.31. The third-order valence-corrected chi connectivity index (χ3v) is 4.23. The summed E-state index contributed by atoms with van der Waals surface area (Å²) in [6.45, 7) is -0.151. The second-order valence-corrected chi connectivity index (χ2v) is 5.98. The van der Waals surface area contributed by atoms with E-state index in [2.05, 4.69) is 15.1 Å². The Hall–Kier alpha value is -3.26. The highest BCUT2D eigenvalue weighted by Crippen LogP contribution is 2.20. The lowest BCUT2D eigenvalue weighted by molar-refractivity contribution is 0.0452. The van der Waals surface area contributed by atoms with Gasteiger partial charge in [-0.2, -0.15) is 16.3 Å². The van der Waals surface area contributed by atoms with Crippen LogP contribution in [0.5, 0.6) is 0 Å². The first-order valence-corrected chi connectivity index (χ1v) is 8.29. The minimum absolute atomic E-state index is 0.0743. The van der Waals surface area contributed by atoms with Crippen LogP contribution in [-0.2, 0) is 11.3 Å². The number of hydrogen-bond donors (Lipinski definition) is 1. The lowest BCUT2D eigenvalue weighted by Crippen LogP contribution is -2.15. The molecule has 8 heteroatoms. The fraction of sp³-hybridized carbons (Fsp3) is 0.0588. The van der Waals surface area contributed by atoms with E-state index in [0.29, 0.717) is 16.7 Å². The van der Waals surface area contributed by atoms with Crippen molar-refractivity contribution in [3.05, 3.63) is 69.0 Å². The molecule has 0 amide bonds. The van der Waals surface area contributed by atoms with E-state index >= 15 is 0 Å². The van der Waals surface area contributed by atoms with Gasteiger partial charge in [0.15, 0.2) is 6.61 Å². The molecule has 3 aromatic heterocycles. The highest BCUT2D eigenvalue weighted by atomic mass is 32.1. The molecule has 0 atom stereocenters. The Morgan fingerprint density at radius 2 is 2.16 bits per heavy atom. The van der Waals surface area contributed by atoms with Gasteiger partial charge in [0.1, 0.15) is 5.69 Å². The van der Waals surface area contributed by atoms with E-state index in [1.54, 1.807) is 30.3 Å². The Bertz CT molecular complexity index is 1100. The minimum atomic E-state index is -0.662. The van der Waals surface area contributed by atoms with Gasteiger partial charge in [-0.15, -0.1) is 0 Å². The summed E-state index contributed by atoms with van der Waals surface area (Å²) in [7, 11) is 0. The van der Waals surface area contributed by atoms with Crippen molar-refractivity contribution >= 4 is 28.1 Å². The van der Waals surface area contributed by atoms with Crippen LogP contribution >= 0.6 is 11.3 Å². The molecule has 0 aliphatic rings. The smallest absolute Gasteiger partial charge is 0.355 e. The third kappa shape index (κ3) is 3.07. The van der Waals surface area contributed by atoms with Gasteiger partial charge in [0.2, 0.25) is 5.82 Å². The van der Waals surface area contributed by atoms with Gasteiger partial charge < -0.3 is 14.2 Å². The van der Waals surface area contributed by atoms with Crippen molar-refractivity contribution in [2.45, 2.75) is 6.61 Å². The Morgan fingerprint density at radius 1 is 1.28 bits per heavy atom. The summed E-state index contributed by atoms with van der Waals surface area (Å²) in [4.78, 5) is 30.9. The number of aromatic amines is 1. The molecule has 0 spiro atoms. The quantitative estimate of drug-likeness (QED) is 0.566. The zero-order valence-corrected chi connectivity index (χ0v) is 13.6. The van der Waals surface area contributed by atoms with Gasteiger partial charge in [0.05, 0.1) is 5.56 Å². The van der Waals surface area contributed by atoms with Crippen molar-refractivity contribution in [2.75, 3.05) is 0 Å². The zero-order valence-electron chi connectivity index (χ0n) is 12.8. The largest absolute Gasteiger partial charge is 0.453 e. The summed E-state index contributed by atoms with van der Waals surface area (Å²) >= 11 is 1.51. The maximum Gasteiger partial charge on any atom is 0.355 e. The van der Waals surface area contributed by atoms with E-state index in [9.17, 15) is 9.59 Å². The summed E-state index contributed by atoms with van der Waals surface area (Å²) < 4.78 is 10.3. The van der Waals surface area contributed by atoms with Crippen LogP contribution in [0.4, 0.5) is 0 Å². The number of nitrogens with one attached hydrogen (secondary N) is 1. The van der Waals surface area contributed by atoms with E-state index in [1.807, 2.05) is 16.8 Å². The normalized spacial score (nSPS) is 10.9. The second-order valence-electron chi connectivity index (χ2n) is 5.20. The fourth-order valence-corrected chi connectivity index (χ4v) is 2.97. The Kier molecular flexibility index (Phi) is 3.87. The van der Waals surface area contributed by atoms with Gasteiger partial charge in [0, 0.05) is 10.8 Å². The van der Waals surface area contributed by atoms with Crippen LogP contribution in [-0.4, -0.2) is 21.1 Å². The van der Waals surface area contributed by atoms with Crippen molar-refractivity contribution in [3.8, 4) is 11.5 Å². The van der Waals surface area contributed by atoms with Gasteiger partial charge in [-0.05, 0) is 29.0 Å². The summed E-state index contributed by atoms with van der Waals surface area (Å²) in [5.74, 6) is -0.0474. The van der Waals surface area contributed by atoms with Crippen LogP contribution in [0.2, 0.25) is 0 Å². The molecule has 1 N–H and O–H groups in total. The van der Waals surface area contributed by atoms with E-state index in [1.165, 1.54) is 11.3 Å². The molecule has 0 saturated carbocycles. The van der Waals surface area contributed by atoms with Gasteiger partial charge in [-0.25, -0.2) is 4.79 Å². The van der Waals surface area contributed by atoms with Crippen LogP contribution in [0.3, 0.4) is 0 Å². The standard InChI is InChI=1S/C17H11N3O4S/c21-15-12-4-2-1-3-10(12)7-13(18-15)17(22)23-8-14-19-16(24-20-14)11-5-6-25-9-11/h1-7,9H,8H2,(H,18,21). The SMILES string of the molecule is O=C(OCc1noc(-c2ccsc2)n1)c1cc2ccccc2c(=O)[nH]1. The Labute approximate surface area is 144 Å². The highest BCUT2D eigenvalue weighted by Gasteiger charge is 2.14. The van der Waals surface area contributed by atoms with Gasteiger partial charge in [0.25, 0.3) is 11.4 Å². The molecule has 0 radical (unpaired) electrons. The van der Waals surface area contributed by atoms with Crippen LogP contribution < -0.4 is 5.56 Å². The number of carbonyl (C=O) groups is 1. The molecule has 3 heterocycles. The van der Waals surface area contributed by atoms with Gasteiger partial charge >= 0.3 is 5.97 Å². The summed E-state index contributed by atoms with van der Waals surface area (Å²) in [5, 5.41) is 8.73. The Balaban J connectivity index is 1.50. The molecule has 1 aromatic carbocycles. The van der Waals surface area contributed by atoms with Crippen molar-refractivity contribution in [3.63, 3.8) is 0 Å². The van der Waals surface area contributed by atoms with Crippen molar-refractivity contribution in [1.82, 2.24) is 15.1 Å². The molecule has 7 nitrogen and oxygen atoms in total. The van der Waals surface area contributed by atoms with Crippen LogP contribution in [0.25, 0.3) is 22.2 Å². The van der Waals surface area contributed by atoms with E-state index in [4.69, 9.17) is 9.26 Å². The fourth-order valence-electron chi connectivity index (χ4n) is 2.34. The molecule has 0 saturated heterocycles. The van der Waals surface area contributed by atoms with Gasteiger partial charge in [-0.1, -0.05) is 23.4 Å². The van der Waals surface area contributed by atoms with Crippen molar-refractivity contribution < 1.29 is 14.1 Å². The molecule has 0 aliphatic carbocycles. The molecule has 0 fully saturated rings. The number of nitrogens with zero attached hydrogens (tertiary/aromatic N) is 2. The predicted octanol–water partition coefficient (Wildman–Crippen LogP) is 3.00. The number of rotatable bonds is 4. The number of carbonyl (C=O) groups excluding carboxylic acids is 1. The first-order chi connectivity index (χ1) is 12.2. The zero-order chi connectivity index (χ0) is 17.2. The van der Waals surface area contributed by atoms with Crippen LogP contribution in [0, 0.1) is 0 Å². The first-order valence-electron chi connectivity index (χ1n) is 7.35. The molecule has 25 heavy (non-hydrogen) atoms. The molecule has 124 valence electrons. The number of hydrogen-bond acceptors (Lipinski definition) is 7. The minimum Gasteiger partial charge on any atom is -0.453 e. The van der Waals surface area contributed by atoms with E-state index in [-0.39, 0.29) is 23.7 Å².